The highest BCUT2D eigenvalue weighted by atomic mass is 32.2. The van der Waals surface area contributed by atoms with Crippen LogP contribution in [0.1, 0.15) is 28.7 Å². The number of thioether (sulfide) groups is 1. The maximum Gasteiger partial charge on any atom is 0.338 e. The summed E-state index contributed by atoms with van der Waals surface area (Å²) in [6.07, 6.45) is 0.424. The summed E-state index contributed by atoms with van der Waals surface area (Å²) in [6, 6.07) is 12.0. The van der Waals surface area contributed by atoms with Crippen molar-refractivity contribution < 1.29 is 28.2 Å². The van der Waals surface area contributed by atoms with E-state index in [0.29, 0.717) is 46.9 Å². The topological polar surface area (TPSA) is 113 Å². The van der Waals surface area contributed by atoms with Crippen LogP contribution in [0.15, 0.2) is 52.1 Å². The van der Waals surface area contributed by atoms with Crippen molar-refractivity contribution >= 4 is 29.3 Å². The van der Waals surface area contributed by atoms with Gasteiger partial charge in [0.1, 0.15) is 0 Å². The van der Waals surface area contributed by atoms with Gasteiger partial charge in [-0.3, -0.25) is 4.79 Å². The molecule has 0 atom stereocenters. The molecule has 0 aliphatic heterocycles. The molecule has 1 amide bonds. The minimum atomic E-state index is -0.402. The molecule has 0 radical (unpaired) electrons. The molecule has 3 rings (SSSR count). The zero-order valence-corrected chi connectivity index (χ0v) is 18.7. The third-order valence-corrected chi connectivity index (χ3v) is 5.08. The molecular formula is C22H23N3O6S. The van der Waals surface area contributed by atoms with Crippen molar-refractivity contribution in [2.24, 2.45) is 0 Å². The largest absolute Gasteiger partial charge is 0.493 e. The fourth-order valence-corrected chi connectivity index (χ4v) is 3.34. The summed E-state index contributed by atoms with van der Waals surface area (Å²) < 4.78 is 21.1. The summed E-state index contributed by atoms with van der Waals surface area (Å²) >= 11 is 1.14. The van der Waals surface area contributed by atoms with E-state index in [1.54, 1.807) is 45.4 Å². The van der Waals surface area contributed by atoms with Gasteiger partial charge in [-0.2, -0.15) is 0 Å². The summed E-state index contributed by atoms with van der Waals surface area (Å²) in [5.74, 6) is 1.14. The van der Waals surface area contributed by atoms with Crippen LogP contribution >= 0.6 is 11.8 Å². The van der Waals surface area contributed by atoms with E-state index < -0.39 is 5.97 Å². The van der Waals surface area contributed by atoms with Crippen molar-refractivity contribution in [3.8, 4) is 11.5 Å². The Balaban J connectivity index is 1.50. The number of anilines is 1. The van der Waals surface area contributed by atoms with Gasteiger partial charge in [-0.1, -0.05) is 17.8 Å². The number of aromatic nitrogens is 2. The van der Waals surface area contributed by atoms with Gasteiger partial charge in [0.2, 0.25) is 11.8 Å². The number of hydrogen-bond acceptors (Lipinski definition) is 9. The Morgan fingerprint density at radius 1 is 1.03 bits per heavy atom. The molecule has 0 fully saturated rings. The zero-order chi connectivity index (χ0) is 22.9. The molecule has 32 heavy (non-hydrogen) atoms. The fourth-order valence-electron chi connectivity index (χ4n) is 2.76. The molecule has 9 nitrogen and oxygen atoms in total. The molecule has 0 saturated carbocycles. The number of esters is 1. The molecule has 0 saturated heterocycles. The van der Waals surface area contributed by atoms with Gasteiger partial charge >= 0.3 is 5.97 Å². The van der Waals surface area contributed by atoms with Crippen LogP contribution < -0.4 is 14.8 Å². The molecule has 1 N–H and O–H groups in total. The van der Waals surface area contributed by atoms with Crippen LogP contribution in [-0.4, -0.2) is 48.7 Å². The first-order valence-corrected chi connectivity index (χ1v) is 10.7. The highest BCUT2D eigenvalue weighted by molar-refractivity contribution is 7.99. The Labute approximate surface area is 189 Å². The van der Waals surface area contributed by atoms with E-state index in [0.717, 1.165) is 17.3 Å². The first-order valence-electron chi connectivity index (χ1n) is 9.75. The lowest BCUT2D eigenvalue weighted by Crippen LogP contribution is -2.14. The van der Waals surface area contributed by atoms with Crippen molar-refractivity contribution in [2.45, 2.75) is 18.6 Å². The Morgan fingerprint density at radius 3 is 2.47 bits per heavy atom. The quantitative estimate of drug-likeness (QED) is 0.360. The van der Waals surface area contributed by atoms with Crippen LogP contribution in [0.25, 0.3) is 0 Å². The van der Waals surface area contributed by atoms with E-state index >= 15 is 0 Å². The van der Waals surface area contributed by atoms with Gasteiger partial charge in [0.05, 0.1) is 38.6 Å². The number of hydrogen-bond donors (Lipinski definition) is 1. The molecule has 1 heterocycles. The smallest absolute Gasteiger partial charge is 0.338 e. The first-order chi connectivity index (χ1) is 15.5. The van der Waals surface area contributed by atoms with Gasteiger partial charge in [0.15, 0.2) is 11.5 Å². The van der Waals surface area contributed by atoms with E-state index in [9.17, 15) is 9.59 Å². The number of methoxy groups -OCH3 is 2. The lowest BCUT2D eigenvalue weighted by atomic mass is 10.1. The Bertz CT molecular complexity index is 1070. The lowest BCUT2D eigenvalue weighted by molar-refractivity contribution is -0.113. The molecule has 3 aromatic rings. The average Bonchev–Trinajstić information content (AvgIpc) is 3.25. The summed E-state index contributed by atoms with van der Waals surface area (Å²) in [5.41, 5.74) is 1.92. The van der Waals surface area contributed by atoms with E-state index in [-0.39, 0.29) is 11.7 Å². The minimum absolute atomic E-state index is 0.0949. The standard InChI is InChI=1S/C22H23N3O6S/c1-4-30-21(27)15-6-8-16(9-7-15)23-19(26)13-32-22-25-24-20(31-22)12-14-5-10-17(28-2)18(11-14)29-3/h5-11H,4,12-13H2,1-3H3,(H,23,26). The molecule has 0 bridgehead atoms. The highest BCUT2D eigenvalue weighted by Crippen LogP contribution is 2.28. The molecular weight excluding hydrogens is 434 g/mol. The Morgan fingerprint density at radius 2 is 1.78 bits per heavy atom. The summed E-state index contributed by atoms with van der Waals surface area (Å²) in [4.78, 5) is 23.9. The van der Waals surface area contributed by atoms with Crippen molar-refractivity contribution in [1.29, 1.82) is 0 Å². The maximum absolute atomic E-state index is 12.2. The third kappa shape index (κ3) is 6.24. The normalized spacial score (nSPS) is 10.5. The Hall–Kier alpha value is -3.53. The monoisotopic (exact) mass is 457 g/mol. The SMILES string of the molecule is CCOC(=O)c1ccc(NC(=O)CSc2nnc(Cc3ccc(OC)c(OC)c3)o2)cc1. The molecule has 0 spiro atoms. The predicted octanol–water partition coefficient (Wildman–Crippen LogP) is 3.59. The van der Waals surface area contributed by atoms with Crippen LogP contribution in [-0.2, 0) is 16.0 Å². The summed E-state index contributed by atoms with van der Waals surface area (Å²) in [5, 5.41) is 11.1. The van der Waals surface area contributed by atoms with Crippen molar-refractivity contribution in [1.82, 2.24) is 10.2 Å². The van der Waals surface area contributed by atoms with Crippen LogP contribution in [0, 0.1) is 0 Å². The van der Waals surface area contributed by atoms with Gasteiger partial charge in [0, 0.05) is 5.69 Å². The number of amides is 1. The molecule has 10 heteroatoms. The van der Waals surface area contributed by atoms with E-state index in [1.165, 1.54) is 0 Å². The van der Waals surface area contributed by atoms with Gasteiger partial charge in [-0.25, -0.2) is 4.79 Å². The second kappa shape index (κ2) is 11.2. The van der Waals surface area contributed by atoms with Crippen LogP contribution in [0.5, 0.6) is 11.5 Å². The number of carbonyl (C=O) groups excluding carboxylic acids is 2. The predicted molar refractivity (Wildman–Crippen MR) is 118 cm³/mol. The van der Waals surface area contributed by atoms with Crippen LogP contribution in [0.4, 0.5) is 5.69 Å². The van der Waals surface area contributed by atoms with Crippen molar-refractivity contribution in [3.63, 3.8) is 0 Å². The third-order valence-electron chi connectivity index (χ3n) is 4.26. The summed E-state index contributed by atoms with van der Waals surface area (Å²) in [6.45, 7) is 2.05. The van der Waals surface area contributed by atoms with Gasteiger partial charge in [-0.05, 0) is 48.9 Å². The van der Waals surface area contributed by atoms with Gasteiger partial charge in [0.25, 0.3) is 5.22 Å². The first kappa shape index (κ1) is 23.1. The number of nitrogens with one attached hydrogen (secondary N) is 1. The molecule has 0 unspecified atom stereocenters. The van der Waals surface area contributed by atoms with E-state index in [4.69, 9.17) is 18.6 Å². The van der Waals surface area contributed by atoms with Crippen molar-refractivity contribution in [3.05, 3.63) is 59.5 Å². The van der Waals surface area contributed by atoms with E-state index in [2.05, 4.69) is 15.5 Å². The molecule has 0 aliphatic carbocycles. The maximum atomic E-state index is 12.2. The average molecular weight is 458 g/mol. The second-order valence-corrected chi connectivity index (χ2v) is 7.39. The number of carbonyl (C=O) groups is 2. The van der Waals surface area contributed by atoms with Gasteiger partial charge in [-0.15, -0.1) is 10.2 Å². The van der Waals surface area contributed by atoms with Gasteiger partial charge < -0.3 is 23.9 Å². The number of rotatable bonds is 10. The molecule has 2 aromatic carbocycles. The molecule has 0 aliphatic rings. The van der Waals surface area contributed by atoms with Crippen LogP contribution in [0.2, 0.25) is 0 Å². The Kier molecular flexibility index (Phi) is 8.09. The fraction of sp³-hybridized carbons (Fsp3) is 0.273. The number of nitrogens with zero attached hydrogens (tertiary/aromatic N) is 2. The molecule has 1 aromatic heterocycles. The second-order valence-electron chi connectivity index (χ2n) is 6.46. The lowest BCUT2D eigenvalue weighted by Gasteiger charge is -2.08. The van der Waals surface area contributed by atoms with E-state index in [1.807, 2.05) is 18.2 Å². The molecule has 168 valence electrons. The minimum Gasteiger partial charge on any atom is -0.493 e. The zero-order valence-electron chi connectivity index (χ0n) is 17.9. The number of ether oxygens (including phenoxy) is 3. The van der Waals surface area contributed by atoms with Crippen molar-refractivity contribution in [2.75, 3.05) is 31.9 Å². The van der Waals surface area contributed by atoms with Crippen LogP contribution in [0.3, 0.4) is 0 Å². The number of benzene rings is 2. The highest BCUT2D eigenvalue weighted by Gasteiger charge is 2.13. The summed E-state index contributed by atoms with van der Waals surface area (Å²) in [7, 11) is 3.15.